The Labute approximate surface area is 197 Å². The standard InChI is InChI=1S/C24H26Cl2N4O2/c1-15-2-4-18(5-3-15)30-22-13-20(26)19(25)12-21(22)28-24(30)29-9-6-16(7-10-29)23(31)27-17-8-11-32-14-17/h2-5,12-13,16-17H,6-11,14H2,1H3,(H,27,31)/t17-/m1/s1. The number of halogens is 2. The molecule has 1 N–H and O–H groups in total. The van der Waals surface area contributed by atoms with Crippen molar-refractivity contribution in [2.75, 3.05) is 31.2 Å². The summed E-state index contributed by atoms with van der Waals surface area (Å²) >= 11 is 12.6. The third kappa shape index (κ3) is 4.19. The number of ether oxygens (including phenoxy) is 1. The fourth-order valence-corrected chi connectivity index (χ4v) is 4.85. The van der Waals surface area contributed by atoms with Crippen molar-refractivity contribution in [2.45, 2.75) is 32.2 Å². The third-order valence-corrected chi connectivity index (χ3v) is 7.12. The topological polar surface area (TPSA) is 59.4 Å². The van der Waals surface area contributed by atoms with Crippen LogP contribution in [0.5, 0.6) is 0 Å². The van der Waals surface area contributed by atoms with Crippen LogP contribution in [0.3, 0.4) is 0 Å². The number of aromatic nitrogens is 2. The van der Waals surface area contributed by atoms with Crippen molar-refractivity contribution in [3.05, 3.63) is 52.0 Å². The summed E-state index contributed by atoms with van der Waals surface area (Å²) in [7, 11) is 0. The van der Waals surface area contributed by atoms with Crippen LogP contribution in [0.25, 0.3) is 16.7 Å². The number of carbonyl (C=O) groups is 1. The van der Waals surface area contributed by atoms with Crippen molar-refractivity contribution in [3.8, 4) is 5.69 Å². The van der Waals surface area contributed by atoms with E-state index in [0.717, 1.165) is 61.6 Å². The molecule has 168 valence electrons. The molecule has 1 atom stereocenters. The Kier molecular flexibility index (Phi) is 6.01. The highest BCUT2D eigenvalue weighted by molar-refractivity contribution is 6.42. The first kappa shape index (κ1) is 21.6. The summed E-state index contributed by atoms with van der Waals surface area (Å²) in [6.07, 6.45) is 2.48. The number of rotatable bonds is 4. The lowest BCUT2D eigenvalue weighted by Gasteiger charge is -2.32. The van der Waals surface area contributed by atoms with E-state index in [9.17, 15) is 4.79 Å². The van der Waals surface area contributed by atoms with E-state index in [1.807, 2.05) is 12.1 Å². The van der Waals surface area contributed by atoms with Gasteiger partial charge in [0.1, 0.15) is 0 Å². The molecule has 2 saturated heterocycles. The van der Waals surface area contributed by atoms with Crippen LogP contribution < -0.4 is 10.2 Å². The summed E-state index contributed by atoms with van der Waals surface area (Å²) in [4.78, 5) is 19.9. The summed E-state index contributed by atoms with van der Waals surface area (Å²) in [6, 6.07) is 12.2. The van der Waals surface area contributed by atoms with Crippen LogP contribution in [0.4, 0.5) is 5.95 Å². The minimum absolute atomic E-state index is 0.0212. The Balaban J connectivity index is 1.42. The minimum Gasteiger partial charge on any atom is -0.379 e. The number of imidazole rings is 1. The van der Waals surface area contributed by atoms with E-state index in [1.54, 1.807) is 0 Å². The largest absolute Gasteiger partial charge is 0.379 e. The van der Waals surface area contributed by atoms with Gasteiger partial charge in [-0.2, -0.15) is 0 Å². The molecule has 0 bridgehead atoms. The first-order valence-corrected chi connectivity index (χ1v) is 11.8. The highest BCUT2D eigenvalue weighted by atomic mass is 35.5. The zero-order valence-electron chi connectivity index (χ0n) is 18.0. The highest BCUT2D eigenvalue weighted by Gasteiger charge is 2.30. The Morgan fingerprint density at radius 2 is 1.81 bits per heavy atom. The smallest absolute Gasteiger partial charge is 0.223 e. The molecule has 3 heterocycles. The van der Waals surface area contributed by atoms with Crippen LogP contribution >= 0.6 is 23.2 Å². The third-order valence-electron chi connectivity index (χ3n) is 6.40. The predicted molar refractivity (Wildman–Crippen MR) is 128 cm³/mol. The number of hydrogen-bond donors (Lipinski definition) is 1. The van der Waals surface area contributed by atoms with Crippen LogP contribution in [-0.4, -0.2) is 47.8 Å². The Morgan fingerprint density at radius 1 is 1.09 bits per heavy atom. The van der Waals surface area contributed by atoms with Gasteiger partial charge < -0.3 is 15.0 Å². The van der Waals surface area contributed by atoms with Gasteiger partial charge in [0.25, 0.3) is 0 Å². The molecule has 0 radical (unpaired) electrons. The molecular formula is C24H26Cl2N4O2. The molecule has 0 unspecified atom stereocenters. The first-order chi connectivity index (χ1) is 15.5. The van der Waals surface area contributed by atoms with E-state index in [-0.39, 0.29) is 17.9 Å². The molecule has 5 rings (SSSR count). The fourth-order valence-electron chi connectivity index (χ4n) is 4.53. The SMILES string of the molecule is Cc1ccc(-n2c(N3CCC(C(=O)N[C@@H]4CCOC4)CC3)nc3cc(Cl)c(Cl)cc32)cc1. The normalized spacial score (nSPS) is 19.6. The van der Waals surface area contributed by atoms with Crippen LogP contribution in [0, 0.1) is 12.8 Å². The van der Waals surface area contributed by atoms with Gasteiger partial charge in [-0.25, -0.2) is 4.98 Å². The second kappa shape index (κ2) is 8.93. The van der Waals surface area contributed by atoms with Crippen molar-refractivity contribution in [3.63, 3.8) is 0 Å². The van der Waals surface area contributed by atoms with Gasteiger partial charge in [0.2, 0.25) is 11.9 Å². The van der Waals surface area contributed by atoms with Gasteiger partial charge in [0.05, 0.1) is 33.7 Å². The first-order valence-electron chi connectivity index (χ1n) is 11.1. The van der Waals surface area contributed by atoms with Gasteiger partial charge in [-0.1, -0.05) is 40.9 Å². The number of fused-ring (bicyclic) bond motifs is 1. The van der Waals surface area contributed by atoms with Crippen molar-refractivity contribution in [1.29, 1.82) is 0 Å². The van der Waals surface area contributed by atoms with Gasteiger partial charge in [-0.15, -0.1) is 0 Å². The van der Waals surface area contributed by atoms with E-state index in [1.165, 1.54) is 5.56 Å². The lowest BCUT2D eigenvalue weighted by atomic mass is 9.95. The fraction of sp³-hybridized carbons (Fsp3) is 0.417. The molecule has 1 amide bonds. The highest BCUT2D eigenvalue weighted by Crippen LogP contribution is 2.34. The molecule has 2 aliphatic rings. The molecule has 32 heavy (non-hydrogen) atoms. The van der Waals surface area contributed by atoms with E-state index in [4.69, 9.17) is 32.9 Å². The van der Waals surface area contributed by atoms with Crippen molar-refractivity contribution in [2.24, 2.45) is 5.92 Å². The van der Waals surface area contributed by atoms with Crippen LogP contribution in [0.2, 0.25) is 10.0 Å². The average molecular weight is 473 g/mol. The van der Waals surface area contributed by atoms with Gasteiger partial charge in [0, 0.05) is 31.3 Å². The van der Waals surface area contributed by atoms with Crippen LogP contribution in [0.1, 0.15) is 24.8 Å². The van der Waals surface area contributed by atoms with Gasteiger partial charge in [-0.05, 0) is 50.5 Å². The van der Waals surface area contributed by atoms with Crippen molar-refractivity contribution in [1.82, 2.24) is 14.9 Å². The molecule has 2 fully saturated rings. The van der Waals surface area contributed by atoms with Crippen molar-refractivity contribution < 1.29 is 9.53 Å². The summed E-state index contributed by atoms with van der Waals surface area (Å²) in [5.41, 5.74) is 3.93. The van der Waals surface area contributed by atoms with Crippen LogP contribution in [0.15, 0.2) is 36.4 Å². The lowest BCUT2D eigenvalue weighted by molar-refractivity contribution is -0.126. The maximum Gasteiger partial charge on any atom is 0.223 e. The number of aryl methyl sites for hydroxylation is 1. The summed E-state index contributed by atoms with van der Waals surface area (Å²) in [6.45, 7) is 4.94. The molecular weight excluding hydrogens is 447 g/mol. The number of hydrogen-bond acceptors (Lipinski definition) is 4. The molecule has 6 nitrogen and oxygen atoms in total. The second-order valence-electron chi connectivity index (χ2n) is 8.67. The monoisotopic (exact) mass is 472 g/mol. The van der Waals surface area contributed by atoms with E-state index >= 15 is 0 Å². The van der Waals surface area contributed by atoms with Crippen LogP contribution in [-0.2, 0) is 9.53 Å². The second-order valence-corrected chi connectivity index (χ2v) is 9.48. The quantitative estimate of drug-likeness (QED) is 0.594. The summed E-state index contributed by atoms with van der Waals surface area (Å²) in [5, 5.41) is 4.14. The number of amides is 1. The molecule has 2 aliphatic heterocycles. The zero-order valence-corrected chi connectivity index (χ0v) is 19.5. The molecule has 2 aromatic carbocycles. The number of carbonyl (C=O) groups excluding carboxylic acids is 1. The van der Waals surface area contributed by atoms with Gasteiger partial charge in [0.15, 0.2) is 0 Å². The Morgan fingerprint density at radius 3 is 2.50 bits per heavy atom. The minimum atomic E-state index is 0.0212. The van der Waals surface area contributed by atoms with Gasteiger partial charge >= 0.3 is 0 Å². The molecule has 1 aromatic heterocycles. The number of nitrogens with one attached hydrogen (secondary N) is 1. The van der Waals surface area contributed by atoms with Gasteiger partial charge in [-0.3, -0.25) is 9.36 Å². The zero-order chi connectivity index (χ0) is 22.2. The maximum atomic E-state index is 12.7. The summed E-state index contributed by atoms with van der Waals surface area (Å²) < 4.78 is 7.51. The van der Waals surface area contributed by atoms with Crippen molar-refractivity contribution >= 4 is 46.1 Å². The molecule has 0 spiro atoms. The number of benzene rings is 2. The predicted octanol–water partition coefficient (Wildman–Crippen LogP) is 4.76. The average Bonchev–Trinajstić information content (AvgIpc) is 3.43. The molecule has 0 aliphatic carbocycles. The molecule has 0 saturated carbocycles. The van der Waals surface area contributed by atoms with E-state index in [2.05, 4.69) is 46.0 Å². The number of anilines is 1. The maximum absolute atomic E-state index is 12.7. The summed E-state index contributed by atoms with van der Waals surface area (Å²) in [5.74, 6) is 1.02. The molecule has 8 heteroatoms. The van der Waals surface area contributed by atoms with E-state index < -0.39 is 0 Å². The Bertz CT molecular complexity index is 1130. The molecule has 3 aromatic rings. The van der Waals surface area contributed by atoms with E-state index in [0.29, 0.717) is 16.7 Å². The number of piperidine rings is 1. The Hall–Kier alpha value is -2.28. The number of nitrogens with zero attached hydrogens (tertiary/aromatic N) is 3. The lowest BCUT2D eigenvalue weighted by Crippen LogP contribution is -2.44.